The number of nitrogens with zero attached hydrogens (tertiary/aromatic N) is 4. The quantitative estimate of drug-likeness (QED) is 0.226. The van der Waals surface area contributed by atoms with Crippen molar-refractivity contribution in [1.29, 1.82) is 0 Å². The van der Waals surface area contributed by atoms with Gasteiger partial charge in [-0.1, -0.05) is 30.3 Å². The number of piperazine rings is 2. The normalized spacial score (nSPS) is 21.2. The summed E-state index contributed by atoms with van der Waals surface area (Å²) in [5.41, 5.74) is 2.78. The molecule has 1 amide bonds. The van der Waals surface area contributed by atoms with Crippen LogP contribution in [0, 0.1) is 0 Å². The molecule has 1 unspecified atom stereocenters. The van der Waals surface area contributed by atoms with E-state index in [2.05, 4.69) is 47.3 Å². The molecule has 0 aromatic heterocycles. The van der Waals surface area contributed by atoms with Gasteiger partial charge in [-0.2, -0.15) is 0 Å². The minimum absolute atomic E-state index is 0.0608. The van der Waals surface area contributed by atoms with Crippen LogP contribution in [0.5, 0.6) is 5.75 Å². The molecule has 2 aliphatic heterocycles. The highest BCUT2D eigenvalue weighted by atomic mass is 16.5. The molecule has 0 saturated carbocycles. The second-order valence-electron chi connectivity index (χ2n) is 11.7. The molecule has 2 aromatic carbocycles. The molecule has 1 N–H and O–H groups in total. The molecule has 2 aromatic rings. The Hall–Kier alpha value is -3.20. The number of esters is 1. The van der Waals surface area contributed by atoms with Gasteiger partial charge in [0.2, 0.25) is 0 Å². The Kier molecular flexibility index (Phi) is 11.6. The van der Waals surface area contributed by atoms with E-state index in [0.29, 0.717) is 37.7 Å². The van der Waals surface area contributed by atoms with Crippen molar-refractivity contribution in [2.45, 2.75) is 58.2 Å². The zero-order valence-electron chi connectivity index (χ0n) is 25.6. The van der Waals surface area contributed by atoms with Crippen molar-refractivity contribution in [3.05, 3.63) is 77.9 Å². The van der Waals surface area contributed by atoms with Crippen molar-refractivity contribution >= 4 is 11.9 Å². The number of amides is 1. The number of ether oxygens (including phenoxy) is 1. The number of hydrogen-bond acceptors (Lipinski definition) is 7. The second-order valence-corrected chi connectivity index (χ2v) is 11.7. The lowest BCUT2D eigenvalue weighted by Gasteiger charge is -2.47. The first-order chi connectivity index (χ1) is 20.3. The second kappa shape index (κ2) is 15.3. The Morgan fingerprint density at radius 2 is 1.71 bits per heavy atom. The Morgan fingerprint density at radius 1 is 1.00 bits per heavy atom. The average Bonchev–Trinajstić information content (AvgIpc) is 2.98. The van der Waals surface area contributed by atoms with Gasteiger partial charge in [-0.25, -0.2) is 0 Å². The summed E-state index contributed by atoms with van der Waals surface area (Å²) in [6, 6.07) is 16.1. The zero-order valence-corrected chi connectivity index (χ0v) is 25.6. The summed E-state index contributed by atoms with van der Waals surface area (Å²) >= 11 is 0. The molecule has 228 valence electrons. The van der Waals surface area contributed by atoms with Gasteiger partial charge in [0, 0.05) is 69.9 Å². The van der Waals surface area contributed by atoms with E-state index in [1.54, 1.807) is 6.07 Å². The first kappa shape index (κ1) is 31.7. The van der Waals surface area contributed by atoms with Crippen LogP contribution >= 0.6 is 0 Å². The van der Waals surface area contributed by atoms with Crippen LogP contribution in [0.1, 0.15) is 67.6 Å². The monoisotopic (exact) mass is 576 g/mol. The van der Waals surface area contributed by atoms with Gasteiger partial charge in [-0.15, -0.1) is 6.58 Å². The molecule has 2 aliphatic rings. The summed E-state index contributed by atoms with van der Waals surface area (Å²) in [6.45, 7) is 17.3. The van der Waals surface area contributed by atoms with Gasteiger partial charge in [0.25, 0.3) is 5.91 Å². The lowest BCUT2D eigenvalue weighted by molar-refractivity contribution is -0.143. The molecule has 8 nitrogen and oxygen atoms in total. The van der Waals surface area contributed by atoms with Crippen molar-refractivity contribution in [2.24, 2.45) is 0 Å². The van der Waals surface area contributed by atoms with E-state index < -0.39 is 0 Å². The van der Waals surface area contributed by atoms with Gasteiger partial charge in [-0.05, 0) is 75.5 Å². The maximum Gasteiger partial charge on any atom is 0.305 e. The molecule has 2 fully saturated rings. The van der Waals surface area contributed by atoms with E-state index in [9.17, 15) is 14.7 Å². The Balaban J connectivity index is 1.44. The largest absolute Gasteiger partial charge is 0.508 e. The number of aromatic hydroxyl groups is 1. The topological polar surface area (TPSA) is 76.6 Å². The molecule has 0 spiro atoms. The van der Waals surface area contributed by atoms with Crippen molar-refractivity contribution < 1.29 is 19.4 Å². The molecule has 8 heteroatoms. The van der Waals surface area contributed by atoms with Crippen LogP contribution in [0.15, 0.2) is 61.2 Å². The fourth-order valence-electron chi connectivity index (χ4n) is 6.31. The predicted molar refractivity (Wildman–Crippen MR) is 167 cm³/mol. The van der Waals surface area contributed by atoms with E-state index in [4.69, 9.17) is 4.74 Å². The SMILES string of the molecule is C=CCN1C[C@@H](C)N(C(c2cccc(O)c2)c2cccc(C(=O)N3CCN(CCCCC(=O)OCC)CC3)c2)C[C@H]1C. The van der Waals surface area contributed by atoms with E-state index >= 15 is 0 Å². The summed E-state index contributed by atoms with van der Waals surface area (Å²) in [4.78, 5) is 34.5. The summed E-state index contributed by atoms with van der Waals surface area (Å²) in [6.07, 6.45) is 4.21. The molecular formula is C34H48N4O4. The Bertz CT molecular complexity index is 1200. The van der Waals surface area contributed by atoms with Crippen LogP contribution in [0.25, 0.3) is 0 Å². The number of carbonyl (C=O) groups excluding carboxylic acids is 2. The smallest absolute Gasteiger partial charge is 0.305 e. The van der Waals surface area contributed by atoms with Crippen LogP contribution in [-0.2, 0) is 9.53 Å². The third-order valence-corrected chi connectivity index (χ3v) is 8.56. The minimum atomic E-state index is -0.125. The van der Waals surface area contributed by atoms with E-state index in [-0.39, 0.29) is 29.7 Å². The number of hydrogen-bond donors (Lipinski definition) is 1. The van der Waals surface area contributed by atoms with Crippen LogP contribution < -0.4 is 0 Å². The molecule has 0 aliphatic carbocycles. The predicted octanol–water partition coefficient (Wildman–Crippen LogP) is 4.55. The van der Waals surface area contributed by atoms with Crippen LogP contribution in [0.4, 0.5) is 0 Å². The summed E-state index contributed by atoms with van der Waals surface area (Å²) in [7, 11) is 0. The van der Waals surface area contributed by atoms with Crippen molar-refractivity contribution in [2.75, 3.05) is 59.0 Å². The van der Waals surface area contributed by atoms with E-state index in [1.807, 2.05) is 48.2 Å². The zero-order chi connectivity index (χ0) is 30.1. The molecule has 2 heterocycles. The fraction of sp³-hybridized carbons (Fsp3) is 0.529. The van der Waals surface area contributed by atoms with E-state index in [1.165, 1.54) is 0 Å². The lowest BCUT2D eigenvalue weighted by Crippen LogP contribution is -2.57. The van der Waals surface area contributed by atoms with Crippen molar-refractivity contribution in [3.8, 4) is 5.75 Å². The Labute approximate surface area is 251 Å². The van der Waals surface area contributed by atoms with Gasteiger partial charge in [0.05, 0.1) is 12.6 Å². The van der Waals surface area contributed by atoms with E-state index in [0.717, 1.165) is 63.2 Å². The summed E-state index contributed by atoms with van der Waals surface area (Å²) in [5.74, 6) is 0.181. The number of benzene rings is 2. The summed E-state index contributed by atoms with van der Waals surface area (Å²) in [5, 5.41) is 10.4. The summed E-state index contributed by atoms with van der Waals surface area (Å²) < 4.78 is 5.01. The molecule has 2 saturated heterocycles. The fourth-order valence-corrected chi connectivity index (χ4v) is 6.31. The van der Waals surface area contributed by atoms with Gasteiger partial charge in [0.15, 0.2) is 0 Å². The maximum absolute atomic E-state index is 13.7. The number of rotatable bonds is 12. The van der Waals surface area contributed by atoms with Gasteiger partial charge < -0.3 is 14.7 Å². The molecule has 42 heavy (non-hydrogen) atoms. The van der Waals surface area contributed by atoms with Crippen LogP contribution in [0.3, 0.4) is 0 Å². The van der Waals surface area contributed by atoms with Crippen molar-refractivity contribution in [1.82, 2.24) is 19.6 Å². The lowest BCUT2D eigenvalue weighted by atomic mass is 9.92. The van der Waals surface area contributed by atoms with Gasteiger partial charge in [0.1, 0.15) is 5.75 Å². The minimum Gasteiger partial charge on any atom is -0.508 e. The Morgan fingerprint density at radius 3 is 2.40 bits per heavy atom. The molecule has 0 bridgehead atoms. The third-order valence-electron chi connectivity index (χ3n) is 8.56. The third kappa shape index (κ3) is 8.21. The van der Waals surface area contributed by atoms with Crippen molar-refractivity contribution in [3.63, 3.8) is 0 Å². The highest BCUT2D eigenvalue weighted by Gasteiger charge is 2.35. The standard InChI is InChI=1S/C34H48N4O4/c1-5-16-37-24-27(4)38(25-26(37)3)33(29-12-10-14-31(39)23-29)28-11-9-13-30(22-28)34(41)36-20-18-35(19-21-36)17-8-7-15-32(40)42-6-2/h5,9-14,22-23,26-27,33,39H,1,6-8,15-21,24-25H2,2-4H3/t26-,27-,33?/m1/s1. The number of phenols is 1. The molecule has 0 radical (unpaired) electrons. The first-order valence-electron chi connectivity index (χ1n) is 15.5. The van der Waals surface area contributed by atoms with Gasteiger partial charge >= 0.3 is 5.97 Å². The number of phenolic OH excluding ortho intramolecular Hbond substituents is 1. The van der Waals surface area contributed by atoms with Crippen LogP contribution in [0.2, 0.25) is 0 Å². The number of carbonyl (C=O) groups is 2. The highest BCUT2D eigenvalue weighted by Crippen LogP contribution is 2.35. The average molecular weight is 577 g/mol. The van der Waals surface area contributed by atoms with Gasteiger partial charge in [-0.3, -0.25) is 24.3 Å². The first-order valence-corrected chi connectivity index (χ1v) is 15.5. The number of unbranched alkanes of at least 4 members (excludes halogenated alkanes) is 1. The molecule has 3 atom stereocenters. The van der Waals surface area contributed by atoms with Crippen LogP contribution in [-0.4, -0.2) is 108 Å². The maximum atomic E-state index is 13.7. The highest BCUT2D eigenvalue weighted by molar-refractivity contribution is 5.94. The molecular weight excluding hydrogens is 528 g/mol. The molecule has 4 rings (SSSR count).